The molecule has 0 atom stereocenters. The predicted octanol–water partition coefficient (Wildman–Crippen LogP) is 2.80. The van der Waals surface area contributed by atoms with Gasteiger partial charge in [-0.2, -0.15) is 35.1 Å². The van der Waals surface area contributed by atoms with E-state index in [1.54, 1.807) is 0 Å². The maximum Gasteiger partial charge on any atom is 0.434 e. The number of esters is 1. The number of halogens is 8. The fourth-order valence-electron chi connectivity index (χ4n) is 0.558. The van der Waals surface area contributed by atoms with E-state index in [0.29, 0.717) is 0 Å². The Morgan fingerprint density at radius 1 is 1.00 bits per heavy atom. The zero-order valence-electron chi connectivity index (χ0n) is 6.99. The number of hydrogen-bond donors (Lipinski definition) is 0. The van der Waals surface area contributed by atoms with E-state index in [-0.39, 0.29) is 0 Å². The van der Waals surface area contributed by atoms with Crippen molar-refractivity contribution in [3.05, 3.63) is 12.2 Å². The maximum atomic E-state index is 11.7. The van der Waals surface area contributed by atoms with E-state index >= 15 is 0 Å². The minimum absolute atomic E-state index is 0.787. The SMILES string of the molecule is O=C(C=C(F)F)OC(C(F)(F)F)C(F)(F)F. The van der Waals surface area contributed by atoms with Crippen molar-refractivity contribution in [2.75, 3.05) is 0 Å². The molecule has 0 fully saturated rings. The normalized spacial score (nSPS) is 12.6. The lowest BCUT2D eigenvalue weighted by molar-refractivity contribution is -0.312. The molecule has 0 N–H and O–H groups in total. The Morgan fingerprint density at radius 3 is 1.62 bits per heavy atom. The van der Waals surface area contributed by atoms with Gasteiger partial charge in [0.15, 0.2) is 0 Å². The van der Waals surface area contributed by atoms with Crippen LogP contribution < -0.4 is 0 Å². The molecule has 0 rings (SSSR count). The molecule has 0 saturated carbocycles. The summed E-state index contributed by atoms with van der Waals surface area (Å²) in [5.41, 5.74) is 0. The lowest BCUT2D eigenvalue weighted by atomic mass is 10.3. The van der Waals surface area contributed by atoms with Gasteiger partial charge < -0.3 is 4.74 Å². The minimum Gasteiger partial charge on any atom is -0.439 e. The Balaban J connectivity index is 4.85. The number of alkyl halides is 6. The number of carbonyl (C=O) groups excluding carboxylic acids is 1. The summed E-state index contributed by atoms with van der Waals surface area (Å²) >= 11 is 0. The first-order valence-corrected chi connectivity index (χ1v) is 3.31. The molecule has 0 heterocycles. The number of ether oxygens (including phenoxy) is 1. The van der Waals surface area contributed by atoms with Crippen LogP contribution in [0.5, 0.6) is 0 Å². The van der Waals surface area contributed by atoms with Gasteiger partial charge in [0.05, 0.1) is 6.08 Å². The second-order valence-electron chi connectivity index (χ2n) is 2.33. The van der Waals surface area contributed by atoms with Crippen LogP contribution in [-0.4, -0.2) is 24.4 Å². The smallest absolute Gasteiger partial charge is 0.434 e. The van der Waals surface area contributed by atoms with Gasteiger partial charge in [-0.05, 0) is 0 Å². The van der Waals surface area contributed by atoms with Crippen LogP contribution in [0, 0.1) is 0 Å². The van der Waals surface area contributed by atoms with Crippen molar-refractivity contribution in [1.82, 2.24) is 0 Å². The third kappa shape index (κ3) is 4.94. The topological polar surface area (TPSA) is 26.3 Å². The zero-order chi connectivity index (χ0) is 13.1. The first-order valence-electron chi connectivity index (χ1n) is 3.31. The van der Waals surface area contributed by atoms with Gasteiger partial charge in [-0.25, -0.2) is 4.79 Å². The first kappa shape index (κ1) is 14.7. The summed E-state index contributed by atoms with van der Waals surface area (Å²) in [6.45, 7) is 0. The Bertz CT molecular complexity index is 270. The van der Waals surface area contributed by atoms with Crippen LogP contribution in [0.15, 0.2) is 12.2 Å². The average Bonchev–Trinajstić information content (AvgIpc) is 1.94. The Morgan fingerprint density at radius 2 is 1.38 bits per heavy atom. The van der Waals surface area contributed by atoms with Crippen LogP contribution in [0.1, 0.15) is 0 Å². The van der Waals surface area contributed by atoms with Crippen LogP contribution in [0.3, 0.4) is 0 Å². The molecule has 0 amide bonds. The highest BCUT2D eigenvalue weighted by Crippen LogP contribution is 2.35. The van der Waals surface area contributed by atoms with E-state index in [0.717, 1.165) is 0 Å². The van der Waals surface area contributed by atoms with Crippen molar-refractivity contribution < 1.29 is 44.7 Å². The van der Waals surface area contributed by atoms with Gasteiger partial charge in [0.2, 0.25) is 0 Å². The molecule has 2 nitrogen and oxygen atoms in total. The first-order chi connectivity index (χ1) is 6.94. The minimum atomic E-state index is -5.92. The highest BCUT2D eigenvalue weighted by atomic mass is 19.4. The molecule has 0 saturated heterocycles. The van der Waals surface area contributed by atoms with Gasteiger partial charge >= 0.3 is 18.3 Å². The van der Waals surface area contributed by atoms with Crippen molar-refractivity contribution in [3.8, 4) is 0 Å². The van der Waals surface area contributed by atoms with E-state index < -0.39 is 36.6 Å². The van der Waals surface area contributed by atoms with Crippen molar-refractivity contribution in [1.29, 1.82) is 0 Å². The number of rotatable bonds is 2. The third-order valence-corrected chi connectivity index (χ3v) is 1.06. The fraction of sp³-hybridized carbons (Fsp3) is 0.500. The molecule has 0 aromatic carbocycles. The molecule has 16 heavy (non-hydrogen) atoms. The molecule has 94 valence electrons. The van der Waals surface area contributed by atoms with Crippen LogP contribution in [0.4, 0.5) is 35.1 Å². The summed E-state index contributed by atoms with van der Waals surface area (Å²) in [5, 5.41) is 0. The lowest BCUT2D eigenvalue weighted by Crippen LogP contribution is -2.45. The molecule has 0 unspecified atom stereocenters. The van der Waals surface area contributed by atoms with Crippen molar-refractivity contribution in [2.24, 2.45) is 0 Å². The number of carbonyl (C=O) groups is 1. The van der Waals surface area contributed by atoms with Crippen LogP contribution in [-0.2, 0) is 9.53 Å². The summed E-state index contributed by atoms with van der Waals surface area (Å²) in [4.78, 5) is 10.2. The molecule has 10 heteroatoms. The molecule has 0 aliphatic rings. The summed E-state index contributed by atoms with van der Waals surface area (Å²) < 4.78 is 95.7. The highest BCUT2D eigenvalue weighted by Gasteiger charge is 2.59. The van der Waals surface area contributed by atoms with Crippen molar-refractivity contribution in [3.63, 3.8) is 0 Å². The van der Waals surface area contributed by atoms with Gasteiger partial charge in [0.25, 0.3) is 12.2 Å². The van der Waals surface area contributed by atoms with Gasteiger partial charge in [-0.15, -0.1) is 0 Å². The highest BCUT2D eigenvalue weighted by molar-refractivity contribution is 5.82. The summed E-state index contributed by atoms with van der Waals surface area (Å²) in [7, 11) is 0. The Hall–Kier alpha value is -1.35. The molecule has 0 aromatic heterocycles. The Labute approximate surface area is 82.5 Å². The molecule has 0 spiro atoms. The van der Waals surface area contributed by atoms with Crippen molar-refractivity contribution >= 4 is 5.97 Å². The van der Waals surface area contributed by atoms with E-state index in [2.05, 4.69) is 4.74 Å². The van der Waals surface area contributed by atoms with E-state index in [4.69, 9.17) is 0 Å². The molecule has 0 aliphatic carbocycles. The monoisotopic (exact) mass is 258 g/mol. The van der Waals surface area contributed by atoms with E-state index in [9.17, 15) is 39.9 Å². The maximum absolute atomic E-state index is 11.7. The number of hydrogen-bond acceptors (Lipinski definition) is 2. The van der Waals surface area contributed by atoms with E-state index in [1.165, 1.54) is 0 Å². The molecular formula is C6H2F8O2. The van der Waals surface area contributed by atoms with Gasteiger partial charge in [-0.3, -0.25) is 0 Å². The van der Waals surface area contributed by atoms with Crippen LogP contribution in [0.25, 0.3) is 0 Å². The van der Waals surface area contributed by atoms with Crippen LogP contribution >= 0.6 is 0 Å². The lowest BCUT2D eigenvalue weighted by Gasteiger charge is -2.21. The molecule has 0 bridgehead atoms. The largest absolute Gasteiger partial charge is 0.439 e. The molecule has 0 aliphatic heterocycles. The summed E-state index contributed by atoms with van der Waals surface area (Å²) in [6.07, 6.45) is -19.8. The van der Waals surface area contributed by atoms with Gasteiger partial charge in [-0.1, -0.05) is 0 Å². The van der Waals surface area contributed by atoms with Gasteiger partial charge in [0.1, 0.15) is 0 Å². The van der Waals surface area contributed by atoms with E-state index in [1.807, 2.05) is 0 Å². The average molecular weight is 258 g/mol. The summed E-state index contributed by atoms with van der Waals surface area (Å²) in [5.74, 6) is -2.43. The second-order valence-corrected chi connectivity index (χ2v) is 2.33. The zero-order valence-corrected chi connectivity index (χ0v) is 6.99. The summed E-state index contributed by atoms with van der Waals surface area (Å²) in [6, 6.07) is 0. The van der Waals surface area contributed by atoms with Crippen LogP contribution in [0.2, 0.25) is 0 Å². The molecular weight excluding hydrogens is 256 g/mol. The fourth-order valence-corrected chi connectivity index (χ4v) is 0.558. The molecule has 0 radical (unpaired) electrons. The third-order valence-electron chi connectivity index (χ3n) is 1.06. The standard InChI is InChI=1S/C6H2F8O2/c7-2(8)1-3(15)16-4(5(9,10)11)6(12,13)14/h1,4H. The predicted molar refractivity (Wildman–Crippen MR) is 32.3 cm³/mol. The molecule has 0 aromatic rings. The van der Waals surface area contributed by atoms with Crippen molar-refractivity contribution in [2.45, 2.75) is 18.5 Å². The second kappa shape index (κ2) is 4.66. The van der Waals surface area contributed by atoms with Gasteiger partial charge in [0, 0.05) is 0 Å². The Kier molecular flexibility index (Phi) is 4.27. The quantitative estimate of drug-likeness (QED) is 0.432.